The molecule has 0 atom stereocenters. The lowest BCUT2D eigenvalue weighted by Gasteiger charge is -2.00. The first kappa shape index (κ1) is 11.7. The molecule has 0 aromatic carbocycles. The molecule has 5 nitrogen and oxygen atoms in total. The SMILES string of the molecule is Cc1cc(Cn2ncc(Cl)c2C)oc1C(=O)O. The molecule has 0 amide bonds. The lowest BCUT2D eigenvalue weighted by Crippen LogP contribution is -2.02. The summed E-state index contributed by atoms with van der Waals surface area (Å²) >= 11 is 5.87. The van der Waals surface area contributed by atoms with Crippen LogP contribution in [0.1, 0.15) is 27.6 Å². The van der Waals surface area contributed by atoms with Crippen LogP contribution in [0.2, 0.25) is 5.02 Å². The first-order valence-corrected chi connectivity index (χ1v) is 5.37. The molecule has 1 N–H and O–H groups in total. The summed E-state index contributed by atoms with van der Waals surface area (Å²) in [4.78, 5) is 10.8. The predicted octanol–water partition coefficient (Wildman–Crippen LogP) is 2.49. The molecule has 2 aromatic rings. The van der Waals surface area contributed by atoms with Crippen molar-refractivity contribution in [3.05, 3.63) is 40.1 Å². The Morgan fingerprint density at radius 3 is 2.76 bits per heavy atom. The second kappa shape index (κ2) is 4.25. The minimum atomic E-state index is -1.07. The Hall–Kier alpha value is -1.75. The second-order valence-electron chi connectivity index (χ2n) is 3.77. The van der Waals surface area contributed by atoms with Gasteiger partial charge in [0, 0.05) is 5.56 Å². The van der Waals surface area contributed by atoms with Gasteiger partial charge < -0.3 is 9.52 Å². The van der Waals surface area contributed by atoms with Gasteiger partial charge in [0.2, 0.25) is 5.76 Å². The van der Waals surface area contributed by atoms with Gasteiger partial charge in [-0.3, -0.25) is 4.68 Å². The molecular weight excluding hydrogens is 244 g/mol. The van der Waals surface area contributed by atoms with Gasteiger partial charge in [0.25, 0.3) is 0 Å². The number of halogens is 1. The maximum absolute atomic E-state index is 10.8. The first-order valence-electron chi connectivity index (χ1n) is 4.99. The maximum atomic E-state index is 10.8. The van der Waals surface area contributed by atoms with Gasteiger partial charge in [-0.15, -0.1) is 0 Å². The fraction of sp³-hybridized carbons (Fsp3) is 0.273. The Morgan fingerprint density at radius 1 is 1.59 bits per heavy atom. The fourth-order valence-electron chi connectivity index (χ4n) is 1.57. The van der Waals surface area contributed by atoms with Gasteiger partial charge in [-0.1, -0.05) is 11.6 Å². The molecule has 90 valence electrons. The average Bonchev–Trinajstić information content (AvgIpc) is 2.76. The van der Waals surface area contributed by atoms with E-state index in [1.165, 1.54) is 0 Å². The first-order chi connectivity index (χ1) is 7.99. The lowest BCUT2D eigenvalue weighted by molar-refractivity contribution is 0.0659. The highest BCUT2D eigenvalue weighted by molar-refractivity contribution is 6.31. The molecule has 0 unspecified atom stereocenters. The molecule has 6 heteroatoms. The number of aromatic carboxylic acids is 1. The molecule has 0 aliphatic rings. The monoisotopic (exact) mass is 254 g/mol. The molecule has 2 rings (SSSR count). The van der Waals surface area contributed by atoms with Crippen molar-refractivity contribution < 1.29 is 14.3 Å². The molecule has 0 radical (unpaired) electrons. The average molecular weight is 255 g/mol. The Balaban J connectivity index is 2.28. The number of rotatable bonds is 3. The van der Waals surface area contributed by atoms with Gasteiger partial charge in [-0.25, -0.2) is 4.79 Å². The summed E-state index contributed by atoms with van der Waals surface area (Å²) < 4.78 is 6.90. The molecule has 17 heavy (non-hydrogen) atoms. The second-order valence-corrected chi connectivity index (χ2v) is 4.17. The molecule has 0 saturated heterocycles. The van der Waals surface area contributed by atoms with Crippen molar-refractivity contribution in [2.75, 3.05) is 0 Å². The zero-order valence-electron chi connectivity index (χ0n) is 9.40. The Morgan fingerprint density at radius 2 is 2.29 bits per heavy atom. The van der Waals surface area contributed by atoms with E-state index in [9.17, 15) is 4.79 Å². The fourth-order valence-corrected chi connectivity index (χ4v) is 1.71. The van der Waals surface area contributed by atoms with Crippen molar-refractivity contribution in [3.8, 4) is 0 Å². The minimum absolute atomic E-state index is 0.0316. The highest BCUT2D eigenvalue weighted by Crippen LogP contribution is 2.18. The molecule has 2 heterocycles. The lowest BCUT2D eigenvalue weighted by atomic mass is 10.2. The number of hydrogen-bond acceptors (Lipinski definition) is 3. The van der Waals surface area contributed by atoms with Crippen molar-refractivity contribution in [3.63, 3.8) is 0 Å². The molecule has 0 aliphatic carbocycles. The molecular formula is C11H11ClN2O3. The van der Waals surface area contributed by atoms with Gasteiger partial charge in [-0.05, 0) is 19.9 Å². The summed E-state index contributed by atoms with van der Waals surface area (Å²) in [5.41, 5.74) is 1.42. The highest BCUT2D eigenvalue weighted by Gasteiger charge is 2.15. The van der Waals surface area contributed by atoms with E-state index in [0.717, 1.165) is 5.69 Å². The van der Waals surface area contributed by atoms with Crippen LogP contribution in [0.3, 0.4) is 0 Å². The molecule has 0 saturated carbocycles. The third kappa shape index (κ3) is 2.19. The summed E-state index contributed by atoms with van der Waals surface area (Å²) in [5.74, 6) is -0.553. The Labute approximate surface area is 103 Å². The zero-order valence-corrected chi connectivity index (χ0v) is 10.2. The number of carbonyl (C=O) groups is 1. The number of carboxylic acid groups (broad SMARTS) is 1. The quantitative estimate of drug-likeness (QED) is 0.914. The smallest absolute Gasteiger partial charge is 0.372 e. The molecule has 2 aromatic heterocycles. The Bertz CT molecular complexity index is 571. The van der Waals surface area contributed by atoms with E-state index >= 15 is 0 Å². The third-order valence-corrected chi connectivity index (χ3v) is 2.88. The summed E-state index contributed by atoms with van der Waals surface area (Å²) in [5, 5.41) is 13.5. The van der Waals surface area contributed by atoms with Crippen LogP contribution in [0.25, 0.3) is 0 Å². The van der Waals surface area contributed by atoms with Crippen molar-refractivity contribution in [2.45, 2.75) is 20.4 Å². The maximum Gasteiger partial charge on any atom is 0.372 e. The number of aryl methyl sites for hydroxylation is 1. The summed E-state index contributed by atoms with van der Waals surface area (Å²) in [6.07, 6.45) is 1.55. The summed E-state index contributed by atoms with van der Waals surface area (Å²) in [6, 6.07) is 1.69. The standard InChI is InChI=1S/C11H11ClN2O3/c1-6-3-8(17-10(6)11(15)16)5-14-7(2)9(12)4-13-14/h3-4H,5H2,1-2H3,(H,15,16). The third-order valence-electron chi connectivity index (χ3n) is 2.51. The summed E-state index contributed by atoms with van der Waals surface area (Å²) in [6.45, 7) is 3.90. The number of aromatic nitrogens is 2. The van der Waals surface area contributed by atoms with Crippen LogP contribution in [0.4, 0.5) is 0 Å². The van der Waals surface area contributed by atoms with Crippen LogP contribution in [0.5, 0.6) is 0 Å². The predicted molar refractivity (Wildman–Crippen MR) is 61.5 cm³/mol. The number of hydrogen-bond donors (Lipinski definition) is 1. The molecule has 0 spiro atoms. The van der Waals surface area contributed by atoms with Gasteiger partial charge >= 0.3 is 5.97 Å². The van der Waals surface area contributed by atoms with E-state index in [4.69, 9.17) is 21.1 Å². The summed E-state index contributed by atoms with van der Waals surface area (Å²) in [7, 11) is 0. The largest absolute Gasteiger partial charge is 0.475 e. The molecule has 0 fully saturated rings. The van der Waals surface area contributed by atoms with E-state index in [1.54, 1.807) is 23.9 Å². The van der Waals surface area contributed by atoms with E-state index in [1.807, 2.05) is 6.92 Å². The zero-order chi connectivity index (χ0) is 12.6. The van der Waals surface area contributed by atoms with Crippen molar-refractivity contribution in [1.29, 1.82) is 0 Å². The van der Waals surface area contributed by atoms with Gasteiger partial charge in [-0.2, -0.15) is 5.10 Å². The van der Waals surface area contributed by atoms with Crippen LogP contribution in [-0.4, -0.2) is 20.9 Å². The van der Waals surface area contributed by atoms with E-state index < -0.39 is 5.97 Å². The van der Waals surface area contributed by atoms with Crippen molar-refractivity contribution in [1.82, 2.24) is 9.78 Å². The van der Waals surface area contributed by atoms with E-state index in [-0.39, 0.29) is 5.76 Å². The van der Waals surface area contributed by atoms with Crippen LogP contribution < -0.4 is 0 Å². The Kier molecular flexibility index (Phi) is 2.93. The van der Waals surface area contributed by atoms with Gasteiger partial charge in [0.05, 0.1) is 23.5 Å². The van der Waals surface area contributed by atoms with Gasteiger partial charge in [0.1, 0.15) is 5.76 Å². The van der Waals surface area contributed by atoms with E-state index in [2.05, 4.69) is 5.10 Å². The highest BCUT2D eigenvalue weighted by atomic mass is 35.5. The van der Waals surface area contributed by atoms with E-state index in [0.29, 0.717) is 22.9 Å². The topological polar surface area (TPSA) is 68.3 Å². The molecule has 0 aliphatic heterocycles. The number of nitrogens with zero attached hydrogens (tertiary/aromatic N) is 2. The normalized spacial score (nSPS) is 10.8. The van der Waals surface area contributed by atoms with Crippen LogP contribution in [0, 0.1) is 13.8 Å². The number of carboxylic acids is 1. The van der Waals surface area contributed by atoms with Crippen molar-refractivity contribution in [2.24, 2.45) is 0 Å². The van der Waals surface area contributed by atoms with Gasteiger partial charge in [0.15, 0.2) is 0 Å². The molecule has 0 bridgehead atoms. The minimum Gasteiger partial charge on any atom is -0.475 e. The van der Waals surface area contributed by atoms with Crippen LogP contribution >= 0.6 is 11.6 Å². The van der Waals surface area contributed by atoms with Crippen LogP contribution in [-0.2, 0) is 6.54 Å². The van der Waals surface area contributed by atoms with Crippen LogP contribution in [0.15, 0.2) is 16.7 Å². The number of furan rings is 1. The van der Waals surface area contributed by atoms with Crippen molar-refractivity contribution >= 4 is 17.6 Å².